The third-order valence-corrected chi connectivity index (χ3v) is 2.72. The van der Waals surface area contributed by atoms with Crippen LogP contribution in [0.25, 0.3) is 0 Å². The van der Waals surface area contributed by atoms with Gasteiger partial charge in [0.2, 0.25) is 8.03 Å². The number of carbonyl (C=O) groups is 1. The van der Waals surface area contributed by atoms with E-state index in [4.69, 9.17) is 0 Å². The van der Waals surface area contributed by atoms with Crippen molar-refractivity contribution >= 4 is 43.6 Å². The van der Waals surface area contributed by atoms with Crippen molar-refractivity contribution in [1.29, 1.82) is 0 Å². The molecule has 0 bridgehead atoms. The maximum absolute atomic E-state index is 11.0. The van der Waals surface area contributed by atoms with E-state index in [-0.39, 0.29) is 35.5 Å². The maximum atomic E-state index is 11.0. The molecule has 0 aromatic carbocycles. The molecule has 0 spiro atoms. The van der Waals surface area contributed by atoms with Crippen LogP contribution in [0.1, 0.15) is 39.5 Å². The Morgan fingerprint density at radius 2 is 1.92 bits per heavy atom. The van der Waals surface area contributed by atoms with Gasteiger partial charge in [0.15, 0.2) is 0 Å². The Kier molecular flexibility index (Phi) is 13.4. The molecule has 0 fully saturated rings. The number of hydrogen-bond acceptors (Lipinski definition) is 3. The van der Waals surface area contributed by atoms with E-state index >= 15 is 0 Å². The molecule has 0 amide bonds. The van der Waals surface area contributed by atoms with Crippen LogP contribution in [0.3, 0.4) is 0 Å². The molecule has 74 valence electrons. The molecule has 0 saturated carbocycles. The molecule has 0 rings (SSSR count). The van der Waals surface area contributed by atoms with E-state index in [2.05, 4.69) is 11.4 Å². The zero-order chi connectivity index (χ0) is 9.40. The molecule has 0 aliphatic rings. The van der Waals surface area contributed by atoms with Gasteiger partial charge in [-0.15, -0.1) is 0 Å². The second kappa shape index (κ2) is 10.8. The van der Waals surface area contributed by atoms with Crippen molar-refractivity contribution in [3.63, 3.8) is 0 Å². The van der Waals surface area contributed by atoms with Gasteiger partial charge < -0.3 is 4.52 Å². The quantitative estimate of drug-likeness (QED) is 0.387. The topological polar surface area (TPSA) is 43.4 Å². The van der Waals surface area contributed by atoms with E-state index in [1.807, 2.05) is 0 Å². The minimum atomic E-state index is -2.07. The monoisotopic (exact) mass is 216 g/mol. The molecule has 3 nitrogen and oxygen atoms in total. The molecular formula is C8H18NaO3P. The van der Waals surface area contributed by atoms with Crippen LogP contribution < -0.4 is 0 Å². The van der Waals surface area contributed by atoms with Crippen LogP contribution in [0.4, 0.5) is 0 Å². The summed E-state index contributed by atoms with van der Waals surface area (Å²) in [6, 6.07) is 0. The Bertz CT molecular complexity index is 161. The Labute approximate surface area is 103 Å². The van der Waals surface area contributed by atoms with E-state index in [1.165, 1.54) is 0 Å². The summed E-state index contributed by atoms with van der Waals surface area (Å²) in [6.07, 6.45) is 3.90. The van der Waals surface area contributed by atoms with E-state index in [0.717, 1.165) is 19.3 Å². The second-order valence-electron chi connectivity index (χ2n) is 2.66. The summed E-state index contributed by atoms with van der Waals surface area (Å²) in [5.41, 5.74) is 0. The van der Waals surface area contributed by atoms with Crippen LogP contribution in [0, 0.1) is 0 Å². The summed E-state index contributed by atoms with van der Waals surface area (Å²) in [7, 11) is -2.07. The zero-order valence-corrected chi connectivity index (χ0v) is 8.76. The van der Waals surface area contributed by atoms with E-state index < -0.39 is 8.03 Å². The standard InChI is InChI=1S/C8H17O3P.Na.H/c1-3-5-6-7-12(10)11-8(9)4-2;;/h12H,3-7H2,1-2H3;;. The summed E-state index contributed by atoms with van der Waals surface area (Å²) in [5, 5.41) is 0. The third kappa shape index (κ3) is 10.6. The van der Waals surface area contributed by atoms with Crippen LogP contribution in [0.15, 0.2) is 0 Å². The summed E-state index contributed by atoms with van der Waals surface area (Å²) in [4.78, 5) is 10.7. The number of carbonyl (C=O) groups excluding carboxylic acids is 1. The first-order valence-corrected chi connectivity index (χ1v) is 5.96. The predicted octanol–water partition coefficient (Wildman–Crippen LogP) is 1.96. The summed E-state index contributed by atoms with van der Waals surface area (Å²) in [5.74, 6) is -0.351. The normalized spacial score (nSPS) is 11.5. The minimum absolute atomic E-state index is 0. The van der Waals surface area contributed by atoms with Gasteiger partial charge in [-0.3, -0.25) is 9.36 Å². The van der Waals surface area contributed by atoms with Crippen molar-refractivity contribution in [1.82, 2.24) is 0 Å². The summed E-state index contributed by atoms with van der Waals surface area (Å²) < 4.78 is 15.7. The van der Waals surface area contributed by atoms with Crippen molar-refractivity contribution in [2.45, 2.75) is 39.5 Å². The SMILES string of the molecule is CCCCC[PH](=O)OC(=O)CC.[NaH]. The van der Waals surface area contributed by atoms with Crippen LogP contribution >= 0.6 is 8.03 Å². The molecule has 0 saturated heterocycles. The molecule has 0 N–H and O–H groups in total. The second-order valence-corrected chi connectivity index (χ2v) is 4.10. The van der Waals surface area contributed by atoms with E-state index in [0.29, 0.717) is 12.6 Å². The van der Waals surface area contributed by atoms with Gasteiger partial charge in [0.05, 0.1) is 0 Å². The van der Waals surface area contributed by atoms with Crippen molar-refractivity contribution in [2.75, 3.05) is 6.16 Å². The zero-order valence-electron chi connectivity index (χ0n) is 7.76. The number of rotatable bonds is 6. The van der Waals surface area contributed by atoms with Gasteiger partial charge in [-0.1, -0.05) is 26.7 Å². The van der Waals surface area contributed by atoms with Crippen molar-refractivity contribution in [3.05, 3.63) is 0 Å². The molecule has 0 aromatic rings. The molecule has 1 atom stereocenters. The van der Waals surface area contributed by atoms with Crippen molar-refractivity contribution < 1.29 is 13.9 Å². The predicted molar refractivity (Wildman–Crippen MR) is 56.9 cm³/mol. The van der Waals surface area contributed by atoms with Gasteiger partial charge in [-0.05, 0) is 6.42 Å². The average Bonchev–Trinajstić information content (AvgIpc) is 2.05. The molecule has 0 radical (unpaired) electrons. The van der Waals surface area contributed by atoms with Crippen LogP contribution in [-0.4, -0.2) is 41.7 Å². The molecule has 0 aliphatic heterocycles. The first kappa shape index (κ1) is 16.1. The van der Waals surface area contributed by atoms with Crippen LogP contribution in [0.2, 0.25) is 0 Å². The average molecular weight is 216 g/mol. The Morgan fingerprint density at radius 3 is 2.38 bits per heavy atom. The van der Waals surface area contributed by atoms with Gasteiger partial charge in [0.25, 0.3) is 0 Å². The number of unbranched alkanes of at least 4 members (excludes halogenated alkanes) is 2. The van der Waals surface area contributed by atoms with Gasteiger partial charge in [0, 0.05) is 12.6 Å². The molecule has 0 aliphatic carbocycles. The molecule has 0 heterocycles. The fourth-order valence-electron chi connectivity index (χ4n) is 0.770. The Balaban J connectivity index is 0. The Hall–Kier alpha value is 0.700. The van der Waals surface area contributed by atoms with Gasteiger partial charge >= 0.3 is 35.5 Å². The van der Waals surface area contributed by atoms with Gasteiger partial charge in [-0.25, -0.2) is 0 Å². The molecule has 13 heavy (non-hydrogen) atoms. The first-order valence-electron chi connectivity index (χ1n) is 4.44. The van der Waals surface area contributed by atoms with Gasteiger partial charge in [0.1, 0.15) is 0 Å². The number of hydrogen-bond donors (Lipinski definition) is 0. The molecule has 0 aromatic heterocycles. The van der Waals surface area contributed by atoms with Crippen LogP contribution in [-0.2, 0) is 13.9 Å². The fourth-order valence-corrected chi connectivity index (χ4v) is 1.81. The van der Waals surface area contributed by atoms with Gasteiger partial charge in [-0.2, -0.15) is 0 Å². The Morgan fingerprint density at radius 1 is 1.31 bits per heavy atom. The van der Waals surface area contributed by atoms with E-state index in [1.54, 1.807) is 6.92 Å². The summed E-state index contributed by atoms with van der Waals surface area (Å²) >= 11 is 0. The first-order chi connectivity index (χ1) is 5.70. The molecule has 5 heteroatoms. The molecular weight excluding hydrogens is 198 g/mol. The van der Waals surface area contributed by atoms with Crippen molar-refractivity contribution in [3.8, 4) is 0 Å². The van der Waals surface area contributed by atoms with E-state index in [9.17, 15) is 9.36 Å². The summed E-state index contributed by atoms with van der Waals surface area (Å²) in [6.45, 7) is 3.78. The van der Waals surface area contributed by atoms with Crippen molar-refractivity contribution in [2.24, 2.45) is 0 Å². The third-order valence-electron chi connectivity index (χ3n) is 1.50. The molecule has 1 unspecified atom stereocenters. The fraction of sp³-hybridized carbons (Fsp3) is 0.875. The van der Waals surface area contributed by atoms with Crippen LogP contribution in [0.5, 0.6) is 0 Å².